The van der Waals surface area contributed by atoms with Crippen LogP contribution in [0.1, 0.15) is 82.6 Å². The molecular weight excluding hydrogens is 675 g/mol. The number of aromatic nitrogens is 5. The Morgan fingerprint density at radius 2 is 1.88 bits per heavy atom. The molecule has 0 amide bonds. The highest BCUT2D eigenvalue weighted by Crippen LogP contribution is 2.48. The molecule has 3 unspecified atom stereocenters. The van der Waals surface area contributed by atoms with Crippen molar-refractivity contribution in [1.29, 1.82) is 0 Å². The Balaban J connectivity index is 1.35. The summed E-state index contributed by atoms with van der Waals surface area (Å²) in [5, 5.41) is 16.8. The molecule has 11 heteroatoms. The minimum absolute atomic E-state index is 0.0202. The van der Waals surface area contributed by atoms with Gasteiger partial charge in [0.1, 0.15) is 22.2 Å². The van der Waals surface area contributed by atoms with Crippen LogP contribution < -0.4 is 4.74 Å². The van der Waals surface area contributed by atoms with Gasteiger partial charge in [-0.05, 0) is 102 Å². The predicted octanol–water partition coefficient (Wildman–Crippen LogP) is 9.34. The van der Waals surface area contributed by atoms with Crippen molar-refractivity contribution >= 4 is 44.0 Å². The molecule has 5 heterocycles. The number of ether oxygens (including phenoxy) is 3. The van der Waals surface area contributed by atoms with Crippen molar-refractivity contribution in [2.45, 2.75) is 84.5 Å². The van der Waals surface area contributed by atoms with E-state index in [1.165, 1.54) is 11.3 Å². The van der Waals surface area contributed by atoms with Crippen LogP contribution in [-0.4, -0.2) is 47.5 Å². The number of thiazole rings is 1. The Bertz CT molecular complexity index is 2310. The molecule has 268 valence electrons. The van der Waals surface area contributed by atoms with Crippen molar-refractivity contribution < 1.29 is 24.1 Å². The maximum absolute atomic E-state index is 13.0. The van der Waals surface area contributed by atoms with Crippen LogP contribution in [0.25, 0.3) is 48.7 Å². The Morgan fingerprint density at radius 1 is 1.08 bits per heavy atom. The van der Waals surface area contributed by atoms with E-state index in [0.717, 1.165) is 80.6 Å². The fraction of sp³-hybridized carbons (Fsp3) is 0.390. The summed E-state index contributed by atoms with van der Waals surface area (Å²) in [5.74, 6) is 1.06. The maximum Gasteiger partial charge on any atom is 0.337 e. The monoisotopic (exact) mass is 717 g/mol. The number of carbonyl (C=O) groups is 1. The first-order chi connectivity index (χ1) is 24.9. The summed E-state index contributed by atoms with van der Waals surface area (Å²) in [6.07, 6.45) is 17.0. The van der Waals surface area contributed by atoms with E-state index in [4.69, 9.17) is 24.2 Å². The van der Waals surface area contributed by atoms with E-state index in [1.54, 1.807) is 12.4 Å². The van der Waals surface area contributed by atoms with Crippen LogP contribution >= 0.6 is 11.3 Å². The van der Waals surface area contributed by atoms with Gasteiger partial charge in [-0.15, -0.1) is 11.3 Å². The highest BCUT2D eigenvalue weighted by atomic mass is 32.1. The lowest BCUT2D eigenvalue weighted by molar-refractivity contribution is -0.160. The van der Waals surface area contributed by atoms with Crippen molar-refractivity contribution in [2.24, 2.45) is 18.9 Å². The molecule has 2 aliphatic heterocycles. The third kappa shape index (κ3) is 6.41. The molecule has 4 atom stereocenters. The molecule has 10 nitrogen and oxygen atoms in total. The summed E-state index contributed by atoms with van der Waals surface area (Å²) in [4.78, 5) is 27.9. The zero-order chi connectivity index (χ0) is 36.3. The number of aryl methyl sites for hydroxylation is 2. The fourth-order valence-corrected chi connectivity index (χ4v) is 8.86. The van der Waals surface area contributed by atoms with Crippen molar-refractivity contribution in [3.8, 4) is 27.7 Å². The normalized spacial score (nSPS) is 20.9. The van der Waals surface area contributed by atoms with Gasteiger partial charge in [-0.1, -0.05) is 12.5 Å². The SMILES string of the molecule is Cc1cc2nc3sc2c(c1C(OC(C)(C)C)C(=O)O)C1=CC=C2OC=CC(CCCC[C@H](C)Oc4cc5c(cnn5C)cc4-c4cncc-3n4)C2C1. The van der Waals surface area contributed by atoms with Crippen LogP contribution in [0.15, 0.2) is 67.0 Å². The third-order valence-electron chi connectivity index (χ3n) is 10.2. The van der Waals surface area contributed by atoms with Crippen molar-refractivity contribution in [3.05, 3.63) is 83.7 Å². The summed E-state index contributed by atoms with van der Waals surface area (Å²) < 4.78 is 21.8. The number of rotatable bonds is 3. The molecule has 3 aromatic heterocycles. The number of fused-ring (bicyclic) bond motifs is 9. The molecule has 8 rings (SSSR count). The number of allylic oxidation sites excluding steroid dienone is 5. The number of hydrogen-bond donors (Lipinski definition) is 1. The Kier molecular flexibility index (Phi) is 8.74. The summed E-state index contributed by atoms with van der Waals surface area (Å²) in [6.45, 7) is 9.74. The molecule has 3 aliphatic rings. The average Bonchev–Trinajstić information content (AvgIpc) is 3.70. The predicted molar refractivity (Wildman–Crippen MR) is 203 cm³/mol. The summed E-state index contributed by atoms with van der Waals surface area (Å²) in [7, 11) is 1.93. The summed E-state index contributed by atoms with van der Waals surface area (Å²) >= 11 is 1.50. The number of carboxylic acid groups (broad SMARTS) is 1. The topological polar surface area (TPSA) is 121 Å². The molecule has 6 bridgehead atoms. The van der Waals surface area contributed by atoms with Crippen LogP contribution in [-0.2, 0) is 21.3 Å². The van der Waals surface area contributed by atoms with E-state index in [9.17, 15) is 9.90 Å². The molecule has 1 aliphatic carbocycles. The number of benzene rings is 2. The first-order valence-corrected chi connectivity index (χ1v) is 18.8. The second-order valence-electron chi connectivity index (χ2n) is 15.2. The lowest BCUT2D eigenvalue weighted by Crippen LogP contribution is -2.29. The van der Waals surface area contributed by atoms with Gasteiger partial charge in [0.25, 0.3) is 0 Å². The third-order valence-corrected chi connectivity index (χ3v) is 11.3. The average molecular weight is 718 g/mol. The highest BCUT2D eigenvalue weighted by Gasteiger charge is 2.36. The van der Waals surface area contributed by atoms with E-state index >= 15 is 0 Å². The zero-order valence-electron chi connectivity index (χ0n) is 30.3. The maximum atomic E-state index is 13.0. The molecular formula is C41H43N5O5S. The van der Waals surface area contributed by atoms with Crippen molar-refractivity contribution in [1.82, 2.24) is 24.7 Å². The molecule has 0 saturated carbocycles. The molecule has 2 aromatic carbocycles. The van der Waals surface area contributed by atoms with Crippen LogP contribution in [0.2, 0.25) is 0 Å². The lowest BCUT2D eigenvalue weighted by Gasteiger charge is -2.34. The fourth-order valence-electron chi connectivity index (χ4n) is 7.76. The lowest BCUT2D eigenvalue weighted by atomic mass is 9.76. The van der Waals surface area contributed by atoms with Gasteiger partial charge in [0.05, 0.1) is 58.0 Å². The van der Waals surface area contributed by atoms with Crippen LogP contribution in [0.4, 0.5) is 0 Å². The van der Waals surface area contributed by atoms with Crippen molar-refractivity contribution in [3.63, 3.8) is 0 Å². The van der Waals surface area contributed by atoms with Gasteiger partial charge in [-0.2, -0.15) is 5.10 Å². The van der Waals surface area contributed by atoms with Gasteiger partial charge >= 0.3 is 5.97 Å². The van der Waals surface area contributed by atoms with Crippen molar-refractivity contribution in [2.75, 3.05) is 0 Å². The quantitative estimate of drug-likeness (QED) is 0.195. The van der Waals surface area contributed by atoms with E-state index in [1.807, 2.05) is 64.0 Å². The Labute approximate surface area is 306 Å². The van der Waals surface area contributed by atoms with Gasteiger partial charge in [0.2, 0.25) is 0 Å². The number of nitrogens with zero attached hydrogens (tertiary/aromatic N) is 5. The molecule has 0 fully saturated rings. The second-order valence-corrected chi connectivity index (χ2v) is 16.2. The Hall–Kier alpha value is -4.87. The van der Waals surface area contributed by atoms with E-state index in [0.29, 0.717) is 28.4 Å². The van der Waals surface area contributed by atoms with Gasteiger partial charge < -0.3 is 19.3 Å². The minimum Gasteiger partial charge on any atom is -0.490 e. The van der Waals surface area contributed by atoms with Crippen LogP contribution in [0.5, 0.6) is 5.75 Å². The van der Waals surface area contributed by atoms with E-state index < -0.39 is 17.7 Å². The van der Waals surface area contributed by atoms with Gasteiger partial charge in [0, 0.05) is 41.1 Å². The van der Waals surface area contributed by atoms with E-state index in [2.05, 4.69) is 41.3 Å². The number of hydrogen-bond acceptors (Lipinski definition) is 9. The second kappa shape index (κ2) is 13.3. The number of aliphatic carboxylic acids is 1. The van der Waals surface area contributed by atoms with Gasteiger partial charge in [-0.3, -0.25) is 9.67 Å². The zero-order valence-corrected chi connectivity index (χ0v) is 31.2. The summed E-state index contributed by atoms with van der Waals surface area (Å²) in [5.41, 5.74) is 6.58. The van der Waals surface area contributed by atoms with Gasteiger partial charge in [0.15, 0.2) is 6.10 Å². The molecule has 1 N–H and O–H groups in total. The highest BCUT2D eigenvalue weighted by molar-refractivity contribution is 7.22. The molecule has 5 aromatic rings. The first-order valence-electron chi connectivity index (χ1n) is 18.0. The van der Waals surface area contributed by atoms with E-state index in [-0.39, 0.29) is 17.9 Å². The first kappa shape index (κ1) is 34.2. The largest absolute Gasteiger partial charge is 0.490 e. The standard InChI is InChI=1S/C41H43N5O5S/c1-22-15-29-38-36(35(22)37(40(47)48)51-41(3,4)5)25-11-12-33-27(16-25)24(13-14-49-33)10-8-7-9-23(2)50-34-18-32-26(19-43-46(32)6)17-28(34)30-20-42-21-31(44-30)39(45-29)52-38/h11-15,17-21,23-24,27,37H,7-10,16H2,1-6H3,(H,47,48)/t23-,24?,27?,37?/m0/s1. The van der Waals surface area contributed by atoms with Crippen LogP contribution in [0, 0.1) is 18.8 Å². The smallest absolute Gasteiger partial charge is 0.337 e. The molecule has 0 radical (unpaired) electrons. The molecule has 52 heavy (non-hydrogen) atoms. The summed E-state index contributed by atoms with van der Waals surface area (Å²) in [6, 6.07) is 6.10. The molecule has 0 saturated heterocycles. The van der Waals surface area contributed by atoms with Crippen LogP contribution in [0.3, 0.4) is 0 Å². The number of carboxylic acids is 1. The van der Waals surface area contributed by atoms with Gasteiger partial charge in [-0.25, -0.2) is 14.8 Å². The minimum atomic E-state index is -1.18. The molecule has 0 spiro atoms. The Morgan fingerprint density at radius 3 is 2.69 bits per heavy atom.